The van der Waals surface area contributed by atoms with E-state index in [1.165, 1.54) is 31.4 Å². The smallest absolute Gasteiger partial charge is 0.335 e. The Morgan fingerprint density at radius 1 is 1.12 bits per heavy atom. The molecule has 9 nitrogen and oxygen atoms in total. The van der Waals surface area contributed by atoms with Crippen molar-refractivity contribution in [1.29, 1.82) is 0 Å². The van der Waals surface area contributed by atoms with Gasteiger partial charge in [0.1, 0.15) is 5.57 Å². The van der Waals surface area contributed by atoms with Crippen LogP contribution in [0.1, 0.15) is 11.1 Å². The van der Waals surface area contributed by atoms with E-state index in [1.54, 1.807) is 18.2 Å². The third-order valence-electron chi connectivity index (χ3n) is 4.75. The highest BCUT2D eigenvalue weighted by Crippen LogP contribution is 2.34. The van der Waals surface area contributed by atoms with Crippen molar-refractivity contribution in [3.05, 3.63) is 76.5 Å². The van der Waals surface area contributed by atoms with Gasteiger partial charge in [-0.2, -0.15) is 9.37 Å². The third kappa shape index (κ3) is 4.57. The first-order chi connectivity index (χ1) is 16.3. The summed E-state index contributed by atoms with van der Waals surface area (Å²) in [4.78, 5) is 45.9. The lowest BCUT2D eigenvalue weighted by molar-refractivity contribution is -0.122. The third-order valence-corrected chi connectivity index (χ3v) is 4.93. The van der Waals surface area contributed by atoms with Crippen molar-refractivity contribution in [1.82, 2.24) is 15.3 Å². The highest BCUT2D eigenvalue weighted by Gasteiger charge is 2.36. The van der Waals surface area contributed by atoms with Crippen molar-refractivity contribution in [3.63, 3.8) is 0 Å². The van der Waals surface area contributed by atoms with Crippen LogP contribution in [0.3, 0.4) is 0 Å². The van der Waals surface area contributed by atoms with Crippen molar-refractivity contribution in [2.24, 2.45) is 0 Å². The molecule has 1 fully saturated rings. The molecule has 11 heteroatoms. The second-order valence-electron chi connectivity index (χ2n) is 7.10. The minimum Gasteiger partial charge on any atom is -0.493 e. The molecule has 0 unspecified atom stereocenters. The van der Waals surface area contributed by atoms with Gasteiger partial charge in [-0.15, -0.1) is 0 Å². The summed E-state index contributed by atoms with van der Waals surface area (Å²) in [5, 5.41) is 1.96. The molecule has 1 N–H and O–H groups in total. The molecule has 34 heavy (non-hydrogen) atoms. The van der Waals surface area contributed by atoms with Crippen LogP contribution in [0, 0.1) is 12.7 Å². The maximum absolute atomic E-state index is 13.9. The zero-order chi connectivity index (χ0) is 24.4. The van der Waals surface area contributed by atoms with Gasteiger partial charge >= 0.3 is 6.03 Å². The molecule has 0 aliphatic carbocycles. The zero-order valence-corrected chi connectivity index (χ0v) is 18.6. The number of halogens is 2. The molecule has 3 aromatic rings. The van der Waals surface area contributed by atoms with Gasteiger partial charge in [0.2, 0.25) is 11.1 Å². The Morgan fingerprint density at radius 2 is 1.91 bits per heavy atom. The van der Waals surface area contributed by atoms with Gasteiger partial charge in [-0.25, -0.2) is 14.7 Å². The number of imide groups is 2. The maximum Gasteiger partial charge on any atom is 0.335 e. The van der Waals surface area contributed by atoms with Gasteiger partial charge < -0.3 is 9.47 Å². The molecule has 0 radical (unpaired) electrons. The monoisotopic (exact) mass is 482 g/mol. The van der Waals surface area contributed by atoms with E-state index in [0.29, 0.717) is 11.3 Å². The number of amides is 4. The summed E-state index contributed by atoms with van der Waals surface area (Å²) >= 11 is 5.69. The van der Waals surface area contributed by atoms with E-state index in [-0.39, 0.29) is 22.4 Å². The van der Waals surface area contributed by atoms with E-state index in [1.807, 2.05) is 13.0 Å². The second-order valence-corrected chi connectivity index (χ2v) is 7.44. The fraction of sp³-hybridized carbons (Fsp3) is 0.0870. The number of carbonyl (C=O) groups excluding carboxylic acids is 3. The number of anilines is 1. The number of hydrogen-bond donors (Lipinski definition) is 1. The van der Waals surface area contributed by atoms with E-state index in [4.69, 9.17) is 21.1 Å². The standard InChI is InChI=1S/C23H16ClFN4O5/c1-12-4-3-5-14(8-12)29-21(31)15(19(30)27-23(29)32)9-13-6-7-17(18(10-13)33-2)34-20-16(25)11-26-22(24)28-20/h3-11H,1-2H3,(H,27,30,32)/b15-9+. The van der Waals surface area contributed by atoms with Gasteiger partial charge in [-0.1, -0.05) is 18.2 Å². The second kappa shape index (κ2) is 9.28. The van der Waals surface area contributed by atoms with Gasteiger partial charge in [-0.3, -0.25) is 14.9 Å². The van der Waals surface area contributed by atoms with Crippen molar-refractivity contribution < 1.29 is 28.2 Å². The lowest BCUT2D eigenvalue weighted by Crippen LogP contribution is -2.54. The van der Waals surface area contributed by atoms with Crippen molar-refractivity contribution in [2.45, 2.75) is 6.92 Å². The summed E-state index contributed by atoms with van der Waals surface area (Å²) < 4.78 is 24.7. The molecule has 1 aromatic heterocycles. The van der Waals surface area contributed by atoms with Crippen LogP contribution in [0.25, 0.3) is 6.08 Å². The van der Waals surface area contributed by atoms with Crippen LogP contribution in [0.15, 0.2) is 54.2 Å². The lowest BCUT2D eigenvalue weighted by Gasteiger charge is -2.26. The molecule has 0 spiro atoms. The minimum atomic E-state index is -0.843. The number of barbiturate groups is 1. The van der Waals surface area contributed by atoms with Crippen LogP contribution in [0.4, 0.5) is 14.9 Å². The summed E-state index contributed by atoms with van der Waals surface area (Å²) in [7, 11) is 1.36. The van der Waals surface area contributed by atoms with E-state index in [0.717, 1.165) is 16.7 Å². The van der Waals surface area contributed by atoms with Crippen molar-refractivity contribution in [2.75, 3.05) is 12.0 Å². The number of rotatable bonds is 5. The molecule has 1 aliphatic heterocycles. The fourth-order valence-corrected chi connectivity index (χ4v) is 3.32. The van der Waals surface area contributed by atoms with Crippen molar-refractivity contribution in [3.8, 4) is 17.4 Å². The molecule has 4 rings (SSSR count). The molecule has 0 atom stereocenters. The number of benzene rings is 2. The van der Waals surface area contributed by atoms with Crippen LogP contribution >= 0.6 is 11.6 Å². The molecule has 1 saturated heterocycles. The van der Waals surface area contributed by atoms with Gasteiger partial charge in [0.15, 0.2) is 11.5 Å². The maximum atomic E-state index is 13.9. The van der Waals surface area contributed by atoms with Crippen molar-refractivity contribution >= 4 is 41.2 Å². The van der Waals surface area contributed by atoms with Gasteiger partial charge in [-0.05, 0) is 60.0 Å². The summed E-state index contributed by atoms with van der Waals surface area (Å²) in [5.41, 5.74) is 1.29. The SMILES string of the molecule is COc1cc(/C=C2\C(=O)NC(=O)N(c3cccc(C)c3)C2=O)ccc1Oc1nc(Cl)ncc1F. The lowest BCUT2D eigenvalue weighted by atomic mass is 10.1. The molecule has 4 amide bonds. The van der Waals surface area contributed by atoms with Gasteiger partial charge in [0.05, 0.1) is 19.0 Å². The first-order valence-corrected chi connectivity index (χ1v) is 10.2. The predicted molar refractivity (Wildman–Crippen MR) is 120 cm³/mol. The first kappa shape index (κ1) is 22.9. The number of nitrogens with zero attached hydrogens (tertiary/aromatic N) is 3. The molecule has 0 saturated carbocycles. The first-order valence-electron chi connectivity index (χ1n) is 9.79. The number of urea groups is 1. The van der Waals surface area contributed by atoms with E-state index >= 15 is 0 Å². The van der Waals surface area contributed by atoms with Crippen LogP contribution in [-0.4, -0.2) is 34.9 Å². The fourth-order valence-electron chi connectivity index (χ4n) is 3.19. The molecule has 1 aliphatic rings. The molecule has 0 bridgehead atoms. The summed E-state index contributed by atoms with van der Waals surface area (Å²) in [6, 6.07) is 10.3. The summed E-state index contributed by atoms with van der Waals surface area (Å²) in [6.07, 6.45) is 2.17. The number of aryl methyl sites for hydroxylation is 1. The molecule has 2 aromatic carbocycles. The Morgan fingerprint density at radius 3 is 2.65 bits per heavy atom. The Labute approximate surface area is 197 Å². The van der Waals surface area contributed by atoms with Crippen LogP contribution < -0.4 is 19.7 Å². The topological polar surface area (TPSA) is 111 Å². The van der Waals surface area contributed by atoms with Crippen LogP contribution in [0.5, 0.6) is 17.4 Å². The number of methoxy groups -OCH3 is 1. The summed E-state index contributed by atoms with van der Waals surface area (Å²) in [6.45, 7) is 1.81. The number of ether oxygens (including phenoxy) is 2. The van der Waals surface area contributed by atoms with Gasteiger partial charge in [0.25, 0.3) is 17.7 Å². The highest BCUT2D eigenvalue weighted by atomic mass is 35.5. The summed E-state index contributed by atoms with van der Waals surface area (Å²) in [5.74, 6) is -2.58. The van der Waals surface area contributed by atoms with E-state index in [2.05, 4.69) is 15.3 Å². The Kier molecular flexibility index (Phi) is 6.24. The number of carbonyl (C=O) groups is 3. The minimum absolute atomic E-state index is 0.106. The van der Waals surface area contributed by atoms with Crippen LogP contribution in [-0.2, 0) is 9.59 Å². The van der Waals surface area contributed by atoms with Gasteiger partial charge in [0, 0.05) is 0 Å². The largest absolute Gasteiger partial charge is 0.493 e. The quantitative estimate of drug-likeness (QED) is 0.332. The van der Waals surface area contributed by atoms with E-state index in [9.17, 15) is 18.8 Å². The number of hydrogen-bond acceptors (Lipinski definition) is 7. The Hall–Kier alpha value is -4.31. The highest BCUT2D eigenvalue weighted by molar-refractivity contribution is 6.39. The average molecular weight is 483 g/mol. The predicted octanol–water partition coefficient (Wildman–Crippen LogP) is 4.04. The average Bonchev–Trinajstić information content (AvgIpc) is 2.79. The molecule has 2 heterocycles. The zero-order valence-electron chi connectivity index (χ0n) is 17.8. The normalized spacial score (nSPS) is 14.9. The number of aromatic nitrogens is 2. The number of nitrogens with one attached hydrogen (secondary N) is 1. The Bertz CT molecular complexity index is 1360. The Balaban J connectivity index is 1.67. The van der Waals surface area contributed by atoms with E-state index < -0.39 is 29.5 Å². The molecule has 172 valence electrons. The molecular formula is C23H16ClFN4O5. The molecular weight excluding hydrogens is 467 g/mol. The van der Waals surface area contributed by atoms with Crippen LogP contribution in [0.2, 0.25) is 5.28 Å².